The molecule has 148 valence electrons. The lowest BCUT2D eigenvalue weighted by atomic mass is 9.99. The molecule has 9 heteroatoms. The van der Waals surface area contributed by atoms with E-state index in [1.807, 2.05) is 0 Å². The number of halogens is 2. The fourth-order valence-electron chi connectivity index (χ4n) is 3.14. The monoisotopic (exact) mass is 416 g/mol. The first-order valence-corrected chi connectivity index (χ1v) is 9.91. The van der Waals surface area contributed by atoms with Crippen LogP contribution < -0.4 is 9.03 Å². The molecule has 1 aliphatic rings. The molecule has 0 unspecified atom stereocenters. The summed E-state index contributed by atoms with van der Waals surface area (Å²) in [6, 6.07) is 15.2. The van der Waals surface area contributed by atoms with Gasteiger partial charge in [-0.05, 0) is 46.5 Å². The predicted octanol–water partition coefficient (Wildman–Crippen LogP) is 3.19. The number of anilines is 1. The second-order valence-corrected chi connectivity index (χ2v) is 8.04. The topological polar surface area (TPSA) is 86.7 Å². The smallest absolute Gasteiger partial charge is 0.326 e. The Hall–Kier alpha value is -3.46. The highest BCUT2D eigenvalue weighted by atomic mass is 32.2. The summed E-state index contributed by atoms with van der Waals surface area (Å²) in [5.74, 6) is -2.75. The number of nitrogens with one attached hydrogen (secondary N) is 1. The average molecular weight is 416 g/mol. The number of carbonyl (C=O) groups is 1. The van der Waals surface area contributed by atoms with Gasteiger partial charge in [0.25, 0.3) is 5.91 Å². The highest BCUT2D eigenvalue weighted by Gasteiger charge is 2.37. The Morgan fingerprint density at radius 3 is 1.86 bits per heavy atom. The lowest BCUT2D eigenvalue weighted by Gasteiger charge is -2.18. The van der Waals surface area contributed by atoms with E-state index in [2.05, 4.69) is 0 Å². The molecule has 1 saturated heterocycles. The molecule has 0 aromatic heterocycles. The van der Waals surface area contributed by atoms with Gasteiger partial charge in [-0.3, -0.25) is 4.79 Å². The first kappa shape index (κ1) is 18.9. The molecule has 3 aromatic carbocycles. The summed E-state index contributed by atoms with van der Waals surface area (Å²) in [6.07, 6.45) is 0. The summed E-state index contributed by atoms with van der Waals surface area (Å²) in [5.41, 5.74) is 1.94. The second kappa shape index (κ2) is 6.85. The number of carbonyl (C=O) groups excluding carboxylic acids is 1. The third kappa shape index (κ3) is 3.52. The summed E-state index contributed by atoms with van der Waals surface area (Å²) in [6.45, 7) is -0.613. The number of rotatable bonds is 3. The molecule has 0 atom stereocenters. The zero-order valence-corrected chi connectivity index (χ0v) is 15.6. The predicted molar refractivity (Wildman–Crippen MR) is 103 cm³/mol. The van der Waals surface area contributed by atoms with Crippen LogP contribution >= 0.6 is 0 Å². The van der Waals surface area contributed by atoms with Crippen molar-refractivity contribution in [2.75, 3.05) is 10.8 Å². The van der Waals surface area contributed by atoms with Gasteiger partial charge in [-0.1, -0.05) is 36.4 Å². The molecule has 1 amide bonds. The standard InChI is InChI=1S/C20H14F2N2O4S/c21-16-7-5-13(6-8-16)12-1-3-14(4-2-12)15-9-17(22)20(18(25)10-15)24-11-19(26)23-29(24,27)28/h1-10,25H,11H2,(H,23,26). The van der Waals surface area contributed by atoms with Crippen LogP contribution in [0.25, 0.3) is 22.3 Å². The molecule has 4 rings (SSSR count). The minimum Gasteiger partial charge on any atom is -0.506 e. The van der Waals surface area contributed by atoms with Crippen LogP contribution in [0.3, 0.4) is 0 Å². The second-order valence-electron chi connectivity index (χ2n) is 6.45. The van der Waals surface area contributed by atoms with E-state index in [9.17, 15) is 27.1 Å². The van der Waals surface area contributed by atoms with Crippen molar-refractivity contribution in [3.8, 4) is 28.0 Å². The number of phenolic OH excluding ortho intramolecular Hbond substituents is 1. The van der Waals surface area contributed by atoms with Crippen LogP contribution in [0.2, 0.25) is 0 Å². The van der Waals surface area contributed by atoms with E-state index in [1.54, 1.807) is 41.1 Å². The van der Waals surface area contributed by atoms with Crippen LogP contribution in [0.1, 0.15) is 0 Å². The number of aromatic hydroxyl groups is 1. The molecule has 6 nitrogen and oxygen atoms in total. The van der Waals surface area contributed by atoms with Gasteiger partial charge in [0.05, 0.1) is 0 Å². The molecule has 1 heterocycles. The van der Waals surface area contributed by atoms with Crippen molar-refractivity contribution in [3.05, 3.63) is 72.3 Å². The third-order valence-corrected chi connectivity index (χ3v) is 5.89. The van der Waals surface area contributed by atoms with Crippen LogP contribution in [0, 0.1) is 11.6 Å². The van der Waals surface area contributed by atoms with Crippen LogP contribution in [-0.4, -0.2) is 26.0 Å². The van der Waals surface area contributed by atoms with Gasteiger partial charge in [-0.25, -0.2) is 17.8 Å². The highest BCUT2D eigenvalue weighted by molar-refractivity contribution is 7.92. The van der Waals surface area contributed by atoms with E-state index in [-0.39, 0.29) is 5.82 Å². The summed E-state index contributed by atoms with van der Waals surface area (Å²) < 4.78 is 53.8. The summed E-state index contributed by atoms with van der Waals surface area (Å²) >= 11 is 0. The lowest BCUT2D eigenvalue weighted by molar-refractivity contribution is -0.117. The zero-order valence-electron chi connectivity index (χ0n) is 14.8. The van der Waals surface area contributed by atoms with Crippen molar-refractivity contribution in [1.29, 1.82) is 0 Å². The van der Waals surface area contributed by atoms with Gasteiger partial charge >= 0.3 is 10.2 Å². The van der Waals surface area contributed by atoms with Gasteiger partial charge in [0.2, 0.25) is 0 Å². The van der Waals surface area contributed by atoms with E-state index in [0.717, 1.165) is 17.2 Å². The molecule has 29 heavy (non-hydrogen) atoms. The Bertz CT molecular complexity index is 1190. The highest BCUT2D eigenvalue weighted by Crippen LogP contribution is 2.37. The molecular weight excluding hydrogens is 402 g/mol. The third-order valence-electron chi connectivity index (χ3n) is 4.51. The van der Waals surface area contributed by atoms with Crippen molar-refractivity contribution in [1.82, 2.24) is 4.72 Å². The van der Waals surface area contributed by atoms with Crippen LogP contribution in [0.5, 0.6) is 5.75 Å². The van der Waals surface area contributed by atoms with Gasteiger partial charge in [-0.2, -0.15) is 8.42 Å². The average Bonchev–Trinajstić information content (AvgIpc) is 2.94. The maximum atomic E-state index is 14.7. The van der Waals surface area contributed by atoms with Crippen molar-refractivity contribution < 1.29 is 27.1 Å². The molecule has 2 N–H and O–H groups in total. The number of nitrogens with zero attached hydrogens (tertiary/aromatic N) is 1. The molecule has 0 saturated carbocycles. The molecule has 1 fully saturated rings. The molecule has 0 spiro atoms. The Balaban J connectivity index is 1.68. The lowest BCUT2D eigenvalue weighted by Crippen LogP contribution is -2.30. The SMILES string of the molecule is O=C1CN(c2c(O)cc(-c3ccc(-c4ccc(F)cc4)cc3)cc2F)S(=O)(=O)N1. The molecule has 0 radical (unpaired) electrons. The maximum absolute atomic E-state index is 14.7. The van der Waals surface area contributed by atoms with Crippen molar-refractivity contribution in [3.63, 3.8) is 0 Å². The maximum Gasteiger partial charge on any atom is 0.326 e. The van der Waals surface area contributed by atoms with E-state index in [1.165, 1.54) is 18.2 Å². The van der Waals surface area contributed by atoms with Gasteiger partial charge in [-0.15, -0.1) is 0 Å². The largest absolute Gasteiger partial charge is 0.506 e. The van der Waals surface area contributed by atoms with Crippen LogP contribution in [0.4, 0.5) is 14.5 Å². The van der Waals surface area contributed by atoms with Gasteiger partial charge in [0.15, 0.2) is 5.82 Å². The quantitative estimate of drug-likeness (QED) is 0.687. The Labute approximate surface area is 165 Å². The Morgan fingerprint density at radius 1 is 0.862 bits per heavy atom. The van der Waals surface area contributed by atoms with Crippen molar-refractivity contribution in [2.24, 2.45) is 0 Å². The van der Waals surface area contributed by atoms with E-state index in [0.29, 0.717) is 15.4 Å². The Morgan fingerprint density at radius 2 is 1.38 bits per heavy atom. The fraction of sp³-hybridized carbons (Fsp3) is 0.0500. The number of benzene rings is 3. The van der Waals surface area contributed by atoms with Gasteiger partial charge in [0, 0.05) is 0 Å². The first-order valence-electron chi connectivity index (χ1n) is 8.47. The minimum atomic E-state index is -4.24. The molecular formula is C20H14F2N2O4S. The zero-order chi connectivity index (χ0) is 20.8. The minimum absolute atomic E-state index is 0.324. The van der Waals surface area contributed by atoms with Crippen LogP contribution in [-0.2, 0) is 15.0 Å². The summed E-state index contributed by atoms with van der Waals surface area (Å²) in [5, 5.41) is 10.3. The van der Waals surface area contributed by atoms with Crippen molar-refractivity contribution in [2.45, 2.75) is 0 Å². The van der Waals surface area contributed by atoms with Crippen LogP contribution in [0.15, 0.2) is 60.7 Å². The number of hydrogen-bond acceptors (Lipinski definition) is 4. The number of amides is 1. The number of hydrogen-bond donors (Lipinski definition) is 2. The van der Waals surface area contributed by atoms with E-state index >= 15 is 0 Å². The molecule has 1 aliphatic heterocycles. The summed E-state index contributed by atoms with van der Waals surface area (Å²) in [4.78, 5) is 11.4. The number of phenols is 1. The fourth-order valence-corrected chi connectivity index (χ4v) is 4.31. The van der Waals surface area contributed by atoms with E-state index in [4.69, 9.17) is 0 Å². The Kier molecular flexibility index (Phi) is 4.46. The van der Waals surface area contributed by atoms with Gasteiger partial charge in [0.1, 0.15) is 23.8 Å². The summed E-state index contributed by atoms with van der Waals surface area (Å²) in [7, 11) is -4.24. The molecule has 0 bridgehead atoms. The molecule has 3 aromatic rings. The first-order chi connectivity index (χ1) is 13.7. The normalized spacial score (nSPS) is 15.4. The molecule has 0 aliphatic carbocycles. The van der Waals surface area contributed by atoms with Crippen molar-refractivity contribution >= 4 is 21.8 Å². The van der Waals surface area contributed by atoms with E-state index < -0.39 is 39.9 Å². The van der Waals surface area contributed by atoms with Gasteiger partial charge < -0.3 is 5.11 Å².